The van der Waals surface area contributed by atoms with Gasteiger partial charge in [-0.1, -0.05) is 96.9 Å². The molecular weight excluding hydrogens is 476 g/mol. The van der Waals surface area contributed by atoms with Crippen LogP contribution < -0.4 is 0 Å². The van der Waals surface area contributed by atoms with Crippen LogP contribution >= 0.6 is 0 Å². The minimum Gasteiger partial charge on any atom is -0.382 e. The zero-order valence-corrected chi connectivity index (χ0v) is 21.4. The van der Waals surface area contributed by atoms with Gasteiger partial charge in [0, 0.05) is 6.20 Å². The Morgan fingerprint density at radius 1 is 0.763 bits per heavy atom. The summed E-state index contributed by atoms with van der Waals surface area (Å²) in [6, 6.07) is 29.7. The maximum absolute atomic E-state index is 11.5. The summed E-state index contributed by atoms with van der Waals surface area (Å²) in [5.41, 5.74) is 3.75. The maximum atomic E-state index is 11.5. The lowest BCUT2D eigenvalue weighted by atomic mass is 9.95. The van der Waals surface area contributed by atoms with E-state index in [9.17, 15) is 5.11 Å². The van der Waals surface area contributed by atoms with Crippen molar-refractivity contribution in [2.45, 2.75) is 51.1 Å². The number of hydrogen-bond donors (Lipinski definition) is 1. The smallest absolute Gasteiger partial charge is 0.142 e. The van der Waals surface area contributed by atoms with Crippen molar-refractivity contribution in [3.63, 3.8) is 0 Å². The second-order valence-electron chi connectivity index (χ2n) is 9.30. The molecule has 6 nitrogen and oxygen atoms in total. The Bertz CT molecular complexity index is 1350. The van der Waals surface area contributed by atoms with E-state index in [0.29, 0.717) is 37.9 Å². The van der Waals surface area contributed by atoms with E-state index in [4.69, 9.17) is 14.2 Å². The van der Waals surface area contributed by atoms with Gasteiger partial charge in [0.05, 0.1) is 32.5 Å². The number of aromatic nitrogens is 2. The van der Waals surface area contributed by atoms with Gasteiger partial charge in [0.25, 0.3) is 0 Å². The van der Waals surface area contributed by atoms with Crippen LogP contribution in [0.25, 0.3) is 0 Å². The molecule has 3 aromatic carbocycles. The molecule has 0 amide bonds. The van der Waals surface area contributed by atoms with Crippen molar-refractivity contribution in [3.8, 4) is 11.8 Å². The monoisotopic (exact) mass is 508 g/mol. The maximum Gasteiger partial charge on any atom is 0.142 e. The van der Waals surface area contributed by atoms with Crippen molar-refractivity contribution in [2.24, 2.45) is 0 Å². The molecular formula is C32H32N2O4. The molecule has 0 saturated carbocycles. The number of rotatable bonds is 10. The zero-order chi connectivity index (χ0) is 26.2. The van der Waals surface area contributed by atoms with Crippen molar-refractivity contribution in [1.82, 2.24) is 9.55 Å². The summed E-state index contributed by atoms with van der Waals surface area (Å²) < 4.78 is 21.1. The molecule has 0 fully saturated rings. The molecule has 0 spiro atoms. The standard InChI is InChI=1S/C32H32N2O4/c1-2-12-27-19-34-28(23-36-20-24-13-6-3-7-14-24)30(37-21-25-15-8-4-9-16-25)31(29(35)32(34)33-27)38-22-26-17-10-5-11-18-26/h3-11,13-19,28-31,35H,20-23H2,1H3/t28?,29?,30-,31+/m0/s1. The predicted octanol–water partition coefficient (Wildman–Crippen LogP) is 5.23. The lowest BCUT2D eigenvalue weighted by Crippen LogP contribution is -2.49. The van der Waals surface area contributed by atoms with Crippen molar-refractivity contribution in [1.29, 1.82) is 0 Å². The molecule has 1 aromatic heterocycles. The highest BCUT2D eigenvalue weighted by Crippen LogP contribution is 2.37. The van der Waals surface area contributed by atoms with Crippen LogP contribution in [0.15, 0.2) is 97.2 Å². The Morgan fingerprint density at radius 2 is 1.29 bits per heavy atom. The highest BCUT2D eigenvalue weighted by molar-refractivity contribution is 5.29. The molecule has 194 valence electrons. The summed E-state index contributed by atoms with van der Waals surface area (Å²) in [6.45, 7) is 3.31. The number of benzene rings is 3. The van der Waals surface area contributed by atoms with E-state index in [-0.39, 0.29) is 6.04 Å². The number of aliphatic hydroxyl groups is 1. The minimum atomic E-state index is -0.989. The van der Waals surface area contributed by atoms with Gasteiger partial charge in [-0.2, -0.15) is 0 Å². The molecule has 0 saturated heterocycles. The highest BCUT2D eigenvalue weighted by Gasteiger charge is 2.45. The van der Waals surface area contributed by atoms with Gasteiger partial charge in [0.2, 0.25) is 0 Å². The van der Waals surface area contributed by atoms with Gasteiger partial charge in [-0.3, -0.25) is 0 Å². The molecule has 4 aromatic rings. The van der Waals surface area contributed by atoms with Gasteiger partial charge in [-0.05, 0) is 29.5 Å². The fourth-order valence-corrected chi connectivity index (χ4v) is 4.76. The minimum absolute atomic E-state index is 0.276. The van der Waals surface area contributed by atoms with E-state index in [0.717, 1.165) is 16.7 Å². The third-order valence-corrected chi connectivity index (χ3v) is 6.62. The largest absolute Gasteiger partial charge is 0.382 e. The molecule has 6 heteroatoms. The van der Waals surface area contributed by atoms with Crippen LogP contribution in [0.5, 0.6) is 0 Å². The fraction of sp³-hybridized carbons (Fsp3) is 0.281. The van der Waals surface area contributed by atoms with Gasteiger partial charge in [0.15, 0.2) is 0 Å². The van der Waals surface area contributed by atoms with Gasteiger partial charge >= 0.3 is 0 Å². The molecule has 1 aliphatic rings. The van der Waals surface area contributed by atoms with Crippen LogP contribution in [0, 0.1) is 11.8 Å². The van der Waals surface area contributed by atoms with Crippen LogP contribution in [-0.2, 0) is 34.0 Å². The van der Waals surface area contributed by atoms with E-state index in [1.54, 1.807) is 6.92 Å². The van der Waals surface area contributed by atoms with E-state index in [2.05, 4.69) is 16.8 Å². The Hall–Kier alpha value is -3.73. The van der Waals surface area contributed by atoms with Crippen LogP contribution in [0.2, 0.25) is 0 Å². The molecule has 1 aliphatic heterocycles. The molecule has 5 rings (SSSR count). The second kappa shape index (κ2) is 12.7. The Labute approximate surface area is 223 Å². The molecule has 1 N–H and O–H groups in total. The summed E-state index contributed by atoms with van der Waals surface area (Å²) in [4.78, 5) is 4.64. The first kappa shape index (κ1) is 25.9. The molecule has 2 heterocycles. The normalized spacial score (nSPS) is 20.4. The van der Waals surface area contributed by atoms with Crippen molar-refractivity contribution in [2.75, 3.05) is 6.61 Å². The molecule has 38 heavy (non-hydrogen) atoms. The van der Waals surface area contributed by atoms with E-state index in [1.807, 2.05) is 102 Å². The fourth-order valence-electron chi connectivity index (χ4n) is 4.76. The number of aliphatic hydroxyl groups excluding tert-OH is 1. The Morgan fingerprint density at radius 3 is 1.84 bits per heavy atom. The number of nitrogens with zero attached hydrogens (tertiary/aromatic N) is 2. The zero-order valence-electron chi connectivity index (χ0n) is 21.4. The first-order valence-electron chi connectivity index (χ1n) is 12.8. The average Bonchev–Trinajstić information content (AvgIpc) is 3.39. The lowest BCUT2D eigenvalue weighted by Gasteiger charge is -2.41. The SMILES string of the molecule is CC#Cc1cn2c(n1)C(O)[C@@H](OCc1ccccc1)[C@@H](OCc1ccccc1)C2COCc1ccccc1. The number of imidazole rings is 1. The topological polar surface area (TPSA) is 65.7 Å². The first-order chi connectivity index (χ1) is 18.7. The van der Waals surface area contributed by atoms with Crippen LogP contribution in [-0.4, -0.2) is 33.5 Å². The number of hydrogen-bond acceptors (Lipinski definition) is 5. The van der Waals surface area contributed by atoms with E-state index in [1.165, 1.54) is 0 Å². The third kappa shape index (κ3) is 6.21. The predicted molar refractivity (Wildman–Crippen MR) is 145 cm³/mol. The molecule has 0 bridgehead atoms. The highest BCUT2D eigenvalue weighted by atomic mass is 16.6. The van der Waals surface area contributed by atoms with Gasteiger partial charge in [0.1, 0.15) is 29.8 Å². The number of ether oxygens (including phenoxy) is 3. The van der Waals surface area contributed by atoms with Crippen LogP contribution in [0.1, 0.15) is 47.3 Å². The van der Waals surface area contributed by atoms with E-state index >= 15 is 0 Å². The van der Waals surface area contributed by atoms with Crippen molar-refractivity contribution in [3.05, 3.63) is 125 Å². The molecule has 2 unspecified atom stereocenters. The van der Waals surface area contributed by atoms with Gasteiger partial charge < -0.3 is 23.9 Å². The summed E-state index contributed by atoms with van der Waals surface area (Å²) >= 11 is 0. The van der Waals surface area contributed by atoms with Crippen molar-refractivity contribution >= 4 is 0 Å². The molecule has 0 radical (unpaired) electrons. The summed E-state index contributed by atoms with van der Waals surface area (Å²) in [6.07, 6.45) is -0.259. The Balaban J connectivity index is 1.45. The molecule has 0 aliphatic carbocycles. The van der Waals surface area contributed by atoms with Crippen LogP contribution in [0.4, 0.5) is 0 Å². The number of fused-ring (bicyclic) bond motifs is 1. The quantitative estimate of drug-likeness (QED) is 0.297. The van der Waals surface area contributed by atoms with E-state index < -0.39 is 18.3 Å². The molecule has 4 atom stereocenters. The summed E-state index contributed by atoms with van der Waals surface area (Å²) in [5, 5.41) is 11.5. The van der Waals surface area contributed by atoms with Gasteiger partial charge in [-0.25, -0.2) is 4.98 Å². The second-order valence-corrected chi connectivity index (χ2v) is 9.30. The van der Waals surface area contributed by atoms with Gasteiger partial charge in [-0.15, -0.1) is 0 Å². The Kier molecular flexibility index (Phi) is 8.64. The average molecular weight is 509 g/mol. The summed E-state index contributed by atoms with van der Waals surface area (Å²) in [5.74, 6) is 6.43. The van der Waals surface area contributed by atoms with Crippen molar-refractivity contribution < 1.29 is 19.3 Å². The third-order valence-electron chi connectivity index (χ3n) is 6.62. The first-order valence-corrected chi connectivity index (χ1v) is 12.8. The lowest BCUT2D eigenvalue weighted by molar-refractivity contribution is -0.172. The van der Waals surface area contributed by atoms with Crippen LogP contribution in [0.3, 0.4) is 0 Å². The summed E-state index contributed by atoms with van der Waals surface area (Å²) in [7, 11) is 0.